The van der Waals surface area contributed by atoms with Crippen LogP contribution in [0.3, 0.4) is 0 Å². The van der Waals surface area contributed by atoms with Crippen molar-refractivity contribution >= 4 is 5.90 Å². The lowest BCUT2D eigenvalue weighted by Gasteiger charge is -2.01. The van der Waals surface area contributed by atoms with Crippen LogP contribution in [-0.2, 0) is 4.74 Å². The Bertz CT molecular complexity index is 70.1. The van der Waals surface area contributed by atoms with E-state index in [0.29, 0.717) is 0 Å². The summed E-state index contributed by atoms with van der Waals surface area (Å²) in [6.07, 6.45) is -0.773. The van der Waals surface area contributed by atoms with Crippen molar-refractivity contribution in [2.24, 2.45) is 0 Å². The fourth-order valence-corrected chi connectivity index (χ4v) is 0.171. The van der Waals surface area contributed by atoms with Gasteiger partial charge in [0.05, 0.1) is 7.11 Å². The second-order valence-corrected chi connectivity index (χ2v) is 1.24. The summed E-state index contributed by atoms with van der Waals surface area (Å²) in [4.78, 5) is 0. The smallest absolute Gasteiger partial charge is 0.209 e. The van der Waals surface area contributed by atoms with E-state index in [2.05, 4.69) is 4.74 Å². The predicted octanol–water partition coefficient (Wildman–Crippen LogP) is -0.00913. The monoisotopic (exact) mass is 103 g/mol. The summed E-state index contributed by atoms with van der Waals surface area (Å²) in [6.45, 7) is 1.48. The highest BCUT2D eigenvalue weighted by molar-refractivity contribution is 5.76. The van der Waals surface area contributed by atoms with E-state index in [1.165, 1.54) is 14.0 Å². The molecule has 0 unspecified atom stereocenters. The van der Waals surface area contributed by atoms with E-state index in [0.717, 1.165) is 0 Å². The van der Waals surface area contributed by atoms with Crippen LogP contribution in [0.5, 0.6) is 0 Å². The Balaban J connectivity index is 3.35. The lowest BCUT2D eigenvalue weighted by molar-refractivity contribution is 0.218. The van der Waals surface area contributed by atoms with Gasteiger partial charge in [-0.15, -0.1) is 0 Å². The Labute approximate surface area is 42.4 Å². The summed E-state index contributed by atoms with van der Waals surface area (Å²) in [7, 11) is 1.36. The van der Waals surface area contributed by atoms with Gasteiger partial charge in [0.2, 0.25) is 5.90 Å². The lowest BCUT2D eigenvalue weighted by Crippen LogP contribution is -2.16. The van der Waals surface area contributed by atoms with Crippen LogP contribution in [-0.4, -0.2) is 24.2 Å². The molecule has 0 aliphatic rings. The summed E-state index contributed by atoms with van der Waals surface area (Å²) in [5.41, 5.74) is 0. The minimum absolute atomic E-state index is 0.0972. The van der Waals surface area contributed by atoms with Gasteiger partial charge in [-0.1, -0.05) is 0 Å². The Morgan fingerprint density at radius 1 is 1.86 bits per heavy atom. The first-order chi connectivity index (χ1) is 3.18. The maximum atomic E-state index is 8.47. The second kappa shape index (κ2) is 2.58. The molecule has 0 heterocycles. The molecule has 0 amide bonds. The van der Waals surface area contributed by atoms with Crippen LogP contribution in [0.25, 0.3) is 0 Å². The maximum absolute atomic E-state index is 8.47. The molecule has 0 spiro atoms. The topological polar surface area (TPSA) is 53.3 Å². The number of rotatable bonds is 1. The third-order valence-electron chi connectivity index (χ3n) is 0.599. The summed E-state index contributed by atoms with van der Waals surface area (Å²) in [5.74, 6) is -0.0972. The van der Waals surface area contributed by atoms with Gasteiger partial charge in [0.25, 0.3) is 0 Å². The Morgan fingerprint density at radius 3 is 2.29 bits per heavy atom. The van der Waals surface area contributed by atoms with E-state index in [9.17, 15) is 0 Å². The van der Waals surface area contributed by atoms with Gasteiger partial charge in [0.15, 0.2) is 0 Å². The number of hydrogen-bond donors (Lipinski definition) is 2. The van der Waals surface area contributed by atoms with E-state index in [-0.39, 0.29) is 5.90 Å². The van der Waals surface area contributed by atoms with Crippen molar-refractivity contribution in [3.8, 4) is 0 Å². The molecule has 0 rings (SSSR count). The molecule has 0 aromatic rings. The zero-order valence-electron chi connectivity index (χ0n) is 4.43. The van der Waals surface area contributed by atoms with Crippen LogP contribution in [0, 0.1) is 5.41 Å². The zero-order chi connectivity index (χ0) is 5.86. The molecule has 1 atom stereocenters. The quantitative estimate of drug-likeness (QED) is 0.362. The summed E-state index contributed by atoms with van der Waals surface area (Å²) in [6, 6.07) is 0. The highest BCUT2D eigenvalue weighted by Gasteiger charge is 2.00. The summed E-state index contributed by atoms with van der Waals surface area (Å²) >= 11 is 0. The molecule has 0 saturated heterocycles. The minimum atomic E-state index is -0.773. The zero-order valence-corrected chi connectivity index (χ0v) is 4.43. The normalized spacial score (nSPS) is 13.0. The van der Waals surface area contributed by atoms with Gasteiger partial charge in [-0.3, -0.25) is 5.41 Å². The number of hydrogen-bond acceptors (Lipinski definition) is 3. The highest BCUT2D eigenvalue weighted by atomic mass is 16.5. The first kappa shape index (κ1) is 6.43. The number of nitrogens with one attached hydrogen (secondary N) is 1. The number of aliphatic hydroxyl groups is 1. The average molecular weight is 103 g/mol. The standard InChI is InChI=1S/C4H9NO2/c1-3(6)4(5)7-2/h3,5-6H,1-2H3/t3-/m1/s1. The van der Waals surface area contributed by atoms with Crippen LogP contribution in [0.15, 0.2) is 0 Å². The van der Waals surface area contributed by atoms with Gasteiger partial charge in [0.1, 0.15) is 6.10 Å². The van der Waals surface area contributed by atoms with Gasteiger partial charge in [-0.25, -0.2) is 0 Å². The molecular weight excluding hydrogens is 94.0 g/mol. The van der Waals surface area contributed by atoms with Gasteiger partial charge in [0, 0.05) is 0 Å². The lowest BCUT2D eigenvalue weighted by atomic mass is 10.4. The SMILES string of the molecule is COC(=N)[C@@H](C)O. The van der Waals surface area contributed by atoms with Crippen LogP contribution in [0.2, 0.25) is 0 Å². The molecule has 0 saturated carbocycles. The Kier molecular flexibility index (Phi) is 2.37. The van der Waals surface area contributed by atoms with Crippen LogP contribution >= 0.6 is 0 Å². The summed E-state index contributed by atoms with van der Waals surface area (Å²) in [5, 5.41) is 15.2. The van der Waals surface area contributed by atoms with Gasteiger partial charge in [-0.05, 0) is 6.92 Å². The first-order valence-corrected chi connectivity index (χ1v) is 1.99. The van der Waals surface area contributed by atoms with Crippen LogP contribution in [0.4, 0.5) is 0 Å². The van der Waals surface area contributed by atoms with E-state index >= 15 is 0 Å². The van der Waals surface area contributed by atoms with Crippen LogP contribution in [0.1, 0.15) is 6.92 Å². The summed E-state index contributed by atoms with van der Waals surface area (Å²) < 4.78 is 4.34. The molecule has 0 fully saturated rings. The number of aliphatic hydroxyl groups excluding tert-OH is 1. The fraction of sp³-hybridized carbons (Fsp3) is 0.750. The molecule has 0 radical (unpaired) electrons. The Morgan fingerprint density at radius 2 is 2.29 bits per heavy atom. The van der Waals surface area contributed by atoms with E-state index in [4.69, 9.17) is 10.5 Å². The Hall–Kier alpha value is -0.570. The molecule has 2 N–H and O–H groups in total. The number of methoxy groups -OCH3 is 1. The van der Waals surface area contributed by atoms with Crippen molar-refractivity contribution in [2.75, 3.05) is 7.11 Å². The first-order valence-electron chi connectivity index (χ1n) is 1.99. The van der Waals surface area contributed by atoms with Crippen molar-refractivity contribution in [1.29, 1.82) is 5.41 Å². The average Bonchev–Trinajstić information content (AvgIpc) is 1.65. The molecule has 42 valence electrons. The predicted molar refractivity (Wildman–Crippen MR) is 26.4 cm³/mol. The maximum Gasteiger partial charge on any atom is 0.209 e. The number of ether oxygens (including phenoxy) is 1. The molecule has 3 nitrogen and oxygen atoms in total. The van der Waals surface area contributed by atoms with Gasteiger partial charge < -0.3 is 9.84 Å². The van der Waals surface area contributed by atoms with E-state index < -0.39 is 6.10 Å². The van der Waals surface area contributed by atoms with Crippen LogP contribution < -0.4 is 0 Å². The van der Waals surface area contributed by atoms with E-state index in [1.807, 2.05) is 0 Å². The molecule has 0 bridgehead atoms. The third-order valence-corrected chi connectivity index (χ3v) is 0.599. The highest BCUT2D eigenvalue weighted by Crippen LogP contribution is 1.81. The molecule has 3 heteroatoms. The van der Waals surface area contributed by atoms with Crippen molar-refractivity contribution in [3.05, 3.63) is 0 Å². The van der Waals surface area contributed by atoms with Gasteiger partial charge in [-0.2, -0.15) is 0 Å². The molecule has 0 aromatic carbocycles. The molecule has 0 aromatic heterocycles. The molecular formula is C4H9NO2. The van der Waals surface area contributed by atoms with Crippen molar-refractivity contribution in [3.63, 3.8) is 0 Å². The fourth-order valence-electron chi connectivity index (χ4n) is 0.171. The van der Waals surface area contributed by atoms with Crippen molar-refractivity contribution < 1.29 is 9.84 Å². The largest absolute Gasteiger partial charge is 0.483 e. The molecule has 0 aliphatic heterocycles. The molecule has 0 aliphatic carbocycles. The van der Waals surface area contributed by atoms with E-state index in [1.54, 1.807) is 0 Å². The van der Waals surface area contributed by atoms with Crippen molar-refractivity contribution in [2.45, 2.75) is 13.0 Å². The third kappa shape index (κ3) is 2.17. The minimum Gasteiger partial charge on any atom is -0.483 e. The van der Waals surface area contributed by atoms with Crippen molar-refractivity contribution in [1.82, 2.24) is 0 Å². The van der Waals surface area contributed by atoms with Gasteiger partial charge >= 0.3 is 0 Å². The second-order valence-electron chi connectivity index (χ2n) is 1.24. The molecule has 7 heavy (non-hydrogen) atoms.